The van der Waals surface area contributed by atoms with E-state index in [1.165, 1.54) is 21.7 Å². The minimum Gasteiger partial charge on any atom is -0.466 e. The normalized spacial score (nSPS) is 16.4. The molecule has 180 valence electrons. The van der Waals surface area contributed by atoms with Gasteiger partial charge < -0.3 is 10.1 Å². The van der Waals surface area contributed by atoms with E-state index in [9.17, 15) is 18.0 Å². The maximum absolute atomic E-state index is 13.0. The predicted molar refractivity (Wildman–Crippen MR) is 127 cm³/mol. The monoisotopic (exact) mass is 513 g/mol. The van der Waals surface area contributed by atoms with Crippen LogP contribution in [-0.4, -0.2) is 55.3 Å². The van der Waals surface area contributed by atoms with Gasteiger partial charge in [0.15, 0.2) is 0 Å². The van der Waals surface area contributed by atoms with Gasteiger partial charge >= 0.3 is 5.97 Å². The molecule has 1 aromatic carbocycles. The predicted octanol–water partition coefficient (Wildman–Crippen LogP) is 3.74. The summed E-state index contributed by atoms with van der Waals surface area (Å²) in [6, 6.07) is 4.41. The third-order valence-corrected chi connectivity index (χ3v) is 8.80. The molecule has 1 saturated heterocycles. The van der Waals surface area contributed by atoms with E-state index in [0.717, 1.165) is 10.6 Å². The van der Waals surface area contributed by atoms with Crippen molar-refractivity contribution in [2.45, 2.75) is 56.9 Å². The third-order valence-electron chi connectivity index (χ3n) is 5.49. The number of hydrogen-bond donors (Lipinski definition) is 1. The van der Waals surface area contributed by atoms with Gasteiger partial charge in [0.1, 0.15) is 5.69 Å². The number of nitrogens with zero attached hydrogens (tertiary/aromatic N) is 2. The summed E-state index contributed by atoms with van der Waals surface area (Å²) >= 11 is 7.51. The number of aromatic nitrogens is 1. The fourth-order valence-corrected chi connectivity index (χ4v) is 6.34. The number of nitrogens with one attached hydrogen (secondary N) is 1. The molecule has 1 aliphatic heterocycles. The molecule has 1 N–H and O–H groups in total. The van der Waals surface area contributed by atoms with Crippen molar-refractivity contribution >= 4 is 44.8 Å². The Labute approximate surface area is 203 Å². The molecule has 2 aromatic rings. The Morgan fingerprint density at radius 1 is 1.33 bits per heavy atom. The van der Waals surface area contributed by atoms with Crippen LogP contribution in [0.25, 0.3) is 0 Å². The molecule has 0 spiro atoms. The van der Waals surface area contributed by atoms with E-state index >= 15 is 0 Å². The summed E-state index contributed by atoms with van der Waals surface area (Å²) in [5, 5.41) is 5.70. The van der Waals surface area contributed by atoms with Crippen molar-refractivity contribution in [2.75, 3.05) is 19.7 Å². The molecule has 1 atom stereocenters. The number of aryl methyl sites for hydroxylation is 1. The standard InChI is InChI=1S/C22H28ClN3O5S2/c1-4-31-20(27)11-15(3)24-21(28)19-13-32-22(25-19)16-7-9-26(10-8-16)33(29,30)17-6-5-14(2)18(23)12-17/h5-6,12-13,15-16H,4,7-11H2,1-3H3,(H,24,28). The van der Waals surface area contributed by atoms with Crippen LogP contribution in [-0.2, 0) is 19.6 Å². The fraction of sp³-hybridized carbons (Fsp3) is 0.500. The molecule has 0 radical (unpaired) electrons. The van der Waals surface area contributed by atoms with Crippen molar-refractivity contribution in [3.05, 3.63) is 44.9 Å². The first-order valence-electron chi connectivity index (χ1n) is 10.8. The van der Waals surface area contributed by atoms with Gasteiger partial charge in [-0.15, -0.1) is 11.3 Å². The number of esters is 1. The highest BCUT2D eigenvalue weighted by atomic mass is 35.5. The third kappa shape index (κ3) is 6.32. The molecule has 3 rings (SSSR count). The molecule has 1 aromatic heterocycles. The van der Waals surface area contributed by atoms with Crippen molar-refractivity contribution in [1.29, 1.82) is 0 Å². The van der Waals surface area contributed by atoms with Gasteiger partial charge in [-0.05, 0) is 51.3 Å². The van der Waals surface area contributed by atoms with Gasteiger partial charge in [0.2, 0.25) is 10.0 Å². The smallest absolute Gasteiger partial charge is 0.307 e. The molecule has 11 heteroatoms. The molecule has 8 nitrogen and oxygen atoms in total. The number of rotatable bonds is 8. The second-order valence-electron chi connectivity index (χ2n) is 8.04. The van der Waals surface area contributed by atoms with Gasteiger partial charge in [0.25, 0.3) is 5.91 Å². The number of ether oxygens (including phenoxy) is 1. The minimum atomic E-state index is -3.61. The number of piperidine rings is 1. The van der Waals surface area contributed by atoms with Crippen LogP contribution in [0.4, 0.5) is 0 Å². The highest BCUT2D eigenvalue weighted by Crippen LogP contribution is 2.33. The van der Waals surface area contributed by atoms with E-state index < -0.39 is 10.0 Å². The molecule has 1 fully saturated rings. The van der Waals surface area contributed by atoms with E-state index in [-0.39, 0.29) is 35.2 Å². The molecule has 0 saturated carbocycles. The van der Waals surface area contributed by atoms with Crippen LogP contribution in [0.3, 0.4) is 0 Å². The van der Waals surface area contributed by atoms with E-state index in [1.54, 1.807) is 31.4 Å². The lowest BCUT2D eigenvalue weighted by Crippen LogP contribution is -2.38. The molecular formula is C22H28ClN3O5S2. The van der Waals surface area contributed by atoms with Crippen LogP contribution in [0.5, 0.6) is 0 Å². The highest BCUT2D eigenvalue weighted by molar-refractivity contribution is 7.89. The fourth-order valence-electron chi connectivity index (χ4n) is 3.62. The Kier molecular flexibility index (Phi) is 8.49. The number of thiazole rings is 1. The van der Waals surface area contributed by atoms with E-state index in [1.807, 2.05) is 6.92 Å². The first-order valence-corrected chi connectivity index (χ1v) is 13.5. The number of carbonyl (C=O) groups is 2. The van der Waals surface area contributed by atoms with Crippen LogP contribution in [0, 0.1) is 6.92 Å². The van der Waals surface area contributed by atoms with Crippen molar-refractivity contribution in [3.63, 3.8) is 0 Å². The van der Waals surface area contributed by atoms with E-state index in [0.29, 0.717) is 43.3 Å². The first kappa shape index (κ1) is 25.6. The van der Waals surface area contributed by atoms with Gasteiger partial charge in [0.05, 0.1) is 22.9 Å². The van der Waals surface area contributed by atoms with Gasteiger partial charge in [-0.25, -0.2) is 13.4 Å². The number of carbonyl (C=O) groups excluding carboxylic acids is 2. The summed E-state index contributed by atoms with van der Waals surface area (Å²) in [7, 11) is -3.61. The van der Waals surface area contributed by atoms with Gasteiger partial charge in [0, 0.05) is 35.5 Å². The van der Waals surface area contributed by atoms with Crippen molar-refractivity contribution in [1.82, 2.24) is 14.6 Å². The number of hydrogen-bond acceptors (Lipinski definition) is 7. The quantitative estimate of drug-likeness (QED) is 0.539. The number of benzene rings is 1. The van der Waals surface area contributed by atoms with Crippen molar-refractivity contribution in [2.24, 2.45) is 0 Å². The summed E-state index contributed by atoms with van der Waals surface area (Å²) in [6.07, 6.45) is 1.33. The molecule has 33 heavy (non-hydrogen) atoms. The number of halogens is 1. The zero-order chi connectivity index (χ0) is 24.2. The zero-order valence-electron chi connectivity index (χ0n) is 18.8. The van der Waals surface area contributed by atoms with Crippen LogP contribution in [0.15, 0.2) is 28.5 Å². The molecule has 2 heterocycles. The first-order chi connectivity index (χ1) is 15.6. The SMILES string of the molecule is CCOC(=O)CC(C)NC(=O)c1csc(C2CCN(S(=O)(=O)c3ccc(C)c(Cl)c3)CC2)n1. The van der Waals surface area contributed by atoms with Crippen LogP contribution >= 0.6 is 22.9 Å². The maximum atomic E-state index is 13.0. The Morgan fingerprint density at radius 2 is 2.03 bits per heavy atom. The Bertz CT molecular complexity index is 1110. The lowest BCUT2D eigenvalue weighted by atomic mass is 9.99. The topological polar surface area (TPSA) is 106 Å². The average molecular weight is 514 g/mol. The Balaban J connectivity index is 1.58. The molecule has 0 bridgehead atoms. The molecular weight excluding hydrogens is 486 g/mol. The maximum Gasteiger partial charge on any atom is 0.307 e. The average Bonchev–Trinajstić information content (AvgIpc) is 3.26. The van der Waals surface area contributed by atoms with Crippen LogP contribution in [0.2, 0.25) is 5.02 Å². The summed E-state index contributed by atoms with van der Waals surface area (Å²) < 4.78 is 32.3. The van der Waals surface area contributed by atoms with Crippen LogP contribution < -0.4 is 5.32 Å². The van der Waals surface area contributed by atoms with Crippen molar-refractivity contribution in [3.8, 4) is 0 Å². The lowest BCUT2D eigenvalue weighted by molar-refractivity contribution is -0.143. The second-order valence-corrected chi connectivity index (χ2v) is 11.3. The summed E-state index contributed by atoms with van der Waals surface area (Å²) in [6.45, 7) is 6.34. The second kappa shape index (κ2) is 10.9. The zero-order valence-corrected chi connectivity index (χ0v) is 21.2. The molecule has 1 unspecified atom stereocenters. The van der Waals surface area contributed by atoms with Gasteiger partial charge in [-0.1, -0.05) is 17.7 Å². The van der Waals surface area contributed by atoms with Crippen molar-refractivity contribution < 1.29 is 22.7 Å². The molecule has 0 aliphatic carbocycles. The van der Waals surface area contributed by atoms with Crippen LogP contribution in [0.1, 0.15) is 60.1 Å². The van der Waals surface area contributed by atoms with E-state index in [4.69, 9.17) is 16.3 Å². The molecule has 1 amide bonds. The lowest BCUT2D eigenvalue weighted by Gasteiger charge is -2.30. The summed E-state index contributed by atoms with van der Waals surface area (Å²) in [5.41, 5.74) is 1.13. The Morgan fingerprint density at radius 3 is 2.67 bits per heavy atom. The van der Waals surface area contributed by atoms with Gasteiger partial charge in [-0.3, -0.25) is 9.59 Å². The molecule has 1 aliphatic rings. The summed E-state index contributed by atoms with van der Waals surface area (Å²) in [4.78, 5) is 28.7. The largest absolute Gasteiger partial charge is 0.466 e. The van der Waals surface area contributed by atoms with Gasteiger partial charge in [-0.2, -0.15) is 4.31 Å². The Hall–Kier alpha value is -2.01. The van der Waals surface area contributed by atoms with E-state index in [2.05, 4.69) is 10.3 Å². The minimum absolute atomic E-state index is 0.0848. The highest BCUT2D eigenvalue weighted by Gasteiger charge is 2.31. The summed E-state index contributed by atoms with van der Waals surface area (Å²) in [5.74, 6) is -0.619. The number of amides is 1. The number of sulfonamides is 1.